The molecule has 0 saturated carbocycles. The summed E-state index contributed by atoms with van der Waals surface area (Å²) < 4.78 is 7.56. The standard InChI is InChI=1S/C28H28N8O3/c1-17(37)31-25-14-22(11-12-29-25)39-21-8-5-19(6-9-21)32-27(38)33-26-15-24(28(2,3)4)35-36(26)20-7-10-23-18(13-20)16-30-34-23/h5-16H,1-4H3,(H,30,34)(H,29,31,37)(H2,32,33,38). The summed E-state index contributed by atoms with van der Waals surface area (Å²) in [6.45, 7) is 7.62. The Balaban J connectivity index is 1.30. The third-order valence-electron chi connectivity index (χ3n) is 5.77. The zero-order valence-electron chi connectivity index (χ0n) is 21.9. The van der Waals surface area contributed by atoms with Gasteiger partial charge in [0.15, 0.2) is 0 Å². The highest BCUT2D eigenvalue weighted by molar-refractivity contribution is 5.99. The number of rotatable bonds is 6. The van der Waals surface area contributed by atoms with Crippen LogP contribution in [0.1, 0.15) is 33.4 Å². The Morgan fingerprint density at radius 1 is 0.923 bits per heavy atom. The van der Waals surface area contributed by atoms with Crippen molar-refractivity contribution >= 4 is 40.2 Å². The topological polar surface area (TPSA) is 139 Å². The number of aromatic nitrogens is 5. The Labute approximate surface area is 224 Å². The average molecular weight is 525 g/mol. The zero-order valence-corrected chi connectivity index (χ0v) is 21.9. The summed E-state index contributed by atoms with van der Waals surface area (Å²) in [5.41, 5.74) is 2.92. The molecule has 3 heterocycles. The Bertz CT molecular complexity index is 1650. The van der Waals surface area contributed by atoms with Gasteiger partial charge in [0.1, 0.15) is 23.1 Å². The minimum atomic E-state index is -0.413. The second-order valence-corrected chi connectivity index (χ2v) is 9.98. The molecule has 11 nitrogen and oxygen atoms in total. The zero-order chi connectivity index (χ0) is 27.6. The first-order chi connectivity index (χ1) is 18.6. The summed E-state index contributed by atoms with van der Waals surface area (Å²) in [7, 11) is 0. The average Bonchev–Trinajstić information content (AvgIpc) is 3.51. The molecule has 3 amide bonds. The lowest BCUT2D eigenvalue weighted by Gasteiger charge is -2.14. The summed E-state index contributed by atoms with van der Waals surface area (Å²) in [6, 6.07) is 17.5. The highest BCUT2D eigenvalue weighted by Gasteiger charge is 2.22. The summed E-state index contributed by atoms with van der Waals surface area (Å²) in [5.74, 6) is 1.79. The number of urea groups is 1. The van der Waals surface area contributed by atoms with Crippen molar-refractivity contribution < 1.29 is 14.3 Å². The van der Waals surface area contributed by atoms with Gasteiger partial charge >= 0.3 is 6.03 Å². The van der Waals surface area contributed by atoms with Crippen molar-refractivity contribution in [1.29, 1.82) is 0 Å². The molecule has 0 saturated heterocycles. The Kier molecular flexibility index (Phi) is 6.72. The molecule has 0 bridgehead atoms. The molecule has 198 valence electrons. The summed E-state index contributed by atoms with van der Waals surface area (Å²) >= 11 is 0. The fourth-order valence-electron chi connectivity index (χ4n) is 3.84. The number of anilines is 3. The molecule has 0 aliphatic rings. The minimum Gasteiger partial charge on any atom is -0.457 e. The Hall–Kier alpha value is -5.19. The van der Waals surface area contributed by atoms with Crippen LogP contribution in [0.5, 0.6) is 11.5 Å². The monoisotopic (exact) mass is 524 g/mol. The number of pyridine rings is 1. The van der Waals surface area contributed by atoms with Gasteiger partial charge in [0.05, 0.1) is 23.1 Å². The molecule has 0 aliphatic carbocycles. The molecule has 0 fully saturated rings. The number of nitrogens with one attached hydrogen (secondary N) is 4. The van der Waals surface area contributed by atoms with Gasteiger partial charge in [0.2, 0.25) is 5.91 Å². The number of carbonyl (C=O) groups excluding carboxylic acids is 2. The number of nitrogens with zero attached hydrogens (tertiary/aromatic N) is 4. The first-order valence-electron chi connectivity index (χ1n) is 12.3. The van der Waals surface area contributed by atoms with Crippen molar-refractivity contribution in [2.24, 2.45) is 0 Å². The van der Waals surface area contributed by atoms with E-state index in [9.17, 15) is 9.59 Å². The Morgan fingerprint density at radius 2 is 1.72 bits per heavy atom. The lowest BCUT2D eigenvalue weighted by Crippen LogP contribution is -2.21. The van der Waals surface area contributed by atoms with E-state index in [-0.39, 0.29) is 11.3 Å². The number of ether oxygens (including phenoxy) is 1. The van der Waals surface area contributed by atoms with E-state index in [1.54, 1.807) is 53.5 Å². The minimum absolute atomic E-state index is 0.217. The predicted molar refractivity (Wildman–Crippen MR) is 150 cm³/mol. The predicted octanol–water partition coefficient (Wildman–Crippen LogP) is 5.84. The summed E-state index contributed by atoms with van der Waals surface area (Å²) in [4.78, 5) is 28.3. The summed E-state index contributed by atoms with van der Waals surface area (Å²) in [5, 5.41) is 21.1. The first kappa shape index (κ1) is 25.5. The van der Waals surface area contributed by atoms with Crippen LogP contribution >= 0.6 is 0 Å². The number of benzene rings is 2. The molecular formula is C28H28N8O3. The van der Waals surface area contributed by atoms with E-state index in [4.69, 9.17) is 9.84 Å². The van der Waals surface area contributed by atoms with Gasteiger partial charge in [0, 0.05) is 41.7 Å². The second kappa shape index (κ2) is 10.3. The lowest BCUT2D eigenvalue weighted by atomic mass is 9.92. The van der Waals surface area contributed by atoms with E-state index in [1.165, 1.54) is 6.92 Å². The molecule has 0 aliphatic heterocycles. The normalized spacial score (nSPS) is 11.3. The van der Waals surface area contributed by atoms with Crippen molar-refractivity contribution in [2.75, 3.05) is 16.0 Å². The quantitative estimate of drug-likeness (QED) is 0.220. The maximum absolute atomic E-state index is 12.9. The molecule has 5 rings (SSSR count). The van der Waals surface area contributed by atoms with Gasteiger partial charge in [-0.15, -0.1) is 0 Å². The molecule has 39 heavy (non-hydrogen) atoms. The van der Waals surface area contributed by atoms with Crippen molar-refractivity contribution in [3.8, 4) is 17.2 Å². The molecule has 0 unspecified atom stereocenters. The lowest BCUT2D eigenvalue weighted by molar-refractivity contribution is -0.114. The van der Waals surface area contributed by atoms with Crippen molar-refractivity contribution in [3.05, 3.63) is 78.8 Å². The number of carbonyl (C=O) groups is 2. The van der Waals surface area contributed by atoms with E-state index in [0.29, 0.717) is 28.8 Å². The third-order valence-corrected chi connectivity index (χ3v) is 5.77. The van der Waals surface area contributed by atoms with Crippen LogP contribution in [0.25, 0.3) is 16.6 Å². The van der Waals surface area contributed by atoms with Crippen LogP contribution in [0.2, 0.25) is 0 Å². The van der Waals surface area contributed by atoms with E-state index in [1.807, 2.05) is 24.3 Å². The molecule has 11 heteroatoms. The van der Waals surface area contributed by atoms with Crippen LogP contribution in [0, 0.1) is 0 Å². The number of fused-ring (bicyclic) bond motifs is 1. The fourth-order valence-corrected chi connectivity index (χ4v) is 3.84. The highest BCUT2D eigenvalue weighted by atomic mass is 16.5. The SMILES string of the molecule is CC(=O)Nc1cc(Oc2ccc(NC(=O)Nc3cc(C(C)(C)C)nn3-c3ccc4[nH]ncc4c3)cc2)ccn1. The second-order valence-electron chi connectivity index (χ2n) is 9.98. The molecule has 0 radical (unpaired) electrons. The van der Waals surface area contributed by atoms with Gasteiger partial charge in [0.25, 0.3) is 0 Å². The molecule has 5 aromatic rings. The van der Waals surface area contributed by atoms with Gasteiger partial charge in [-0.3, -0.25) is 15.2 Å². The third kappa shape index (κ3) is 6.04. The van der Waals surface area contributed by atoms with Crippen LogP contribution < -0.4 is 20.7 Å². The number of hydrogen-bond donors (Lipinski definition) is 4. The number of aromatic amines is 1. The van der Waals surface area contributed by atoms with Gasteiger partial charge in [-0.05, 0) is 48.5 Å². The van der Waals surface area contributed by atoms with Crippen LogP contribution in [-0.4, -0.2) is 36.9 Å². The molecule has 0 atom stereocenters. The summed E-state index contributed by atoms with van der Waals surface area (Å²) in [6.07, 6.45) is 3.29. The van der Waals surface area contributed by atoms with E-state index in [2.05, 4.69) is 51.9 Å². The maximum Gasteiger partial charge on any atom is 0.324 e. The van der Waals surface area contributed by atoms with E-state index < -0.39 is 6.03 Å². The van der Waals surface area contributed by atoms with Gasteiger partial charge in [-0.25, -0.2) is 14.5 Å². The van der Waals surface area contributed by atoms with Gasteiger partial charge in [-0.1, -0.05) is 20.8 Å². The van der Waals surface area contributed by atoms with Crippen LogP contribution in [-0.2, 0) is 10.2 Å². The smallest absolute Gasteiger partial charge is 0.324 e. The van der Waals surface area contributed by atoms with Gasteiger partial charge < -0.3 is 15.4 Å². The van der Waals surface area contributed by atoms with Gasteiger partial charge in [-0.2, -0.15) is 10.2 Å². The van der Waals surface area contributed by atoms with Crippen LogP contribution in [0.4, 0.5) is 22.1 Å². The largest absolute Gasteiger partial charge is 0.457 e. The fraction of sp³-hybridized carbons (Fsp3) is 0.179. The molecule has 0 spiro atoms. The Morgan fingerprint density at radius 3 is 2.46 bits per heavy atom. The van der Waals surface area contributed by atoms with E-state index in [0.717, 1.165) is 22.3 Å². The van der Waals surface area contributed by atoms with Crippen LogP contribution in [0.15, 0.2) is 73.1 Å². The highest BCUT2D eigenvalue weighted by Crippen LogP contribution is 2.28. The van der Waals surface area contributed by atoms with Crippen molar-refractivity contribution in [3.63, 3.8) is 0 Å². The molecule has 2 aromatic carbocycles. The van der Waals surface area contributed by atoms with Crippen molar-refractivity contribution in [2.45, 2.75) is 33.1 Å². The van der Waals surface area contributed by atoms with Crippen molar-refractivity contribution in [1.82, 2.24) is 25.0 Å². The van der Waals surface area contributed by atoms with E-state index >= 15 is 0 Å². The van der Waals surface area contributed by atoms with Crippen LogP contribution in [0.3, 0.4) is 0 Å². The number of amides is 3. The molecular weight excluding hydrogens is 496 g/mol. The number of H-pyrrole nitrogens is 1. The molecule has 4 N–H and O–H groups in total. The molecule has 3 aromatic heterocycles. The number of hydrogen-bond acceptors (Lipinski definition) is 6. The maximum atomic E-state index is 12.9. The first-order valence-corrected chi connectivity index (χ1v) is 12.3.